The highest BCUT2D eigenvalue weighted by Gasteiger charge is 2.14. The number of halogens is 1. The van der Waals surface area contributed by atoms with Crippen molar-refractivity contribution in [2.45, 2.75) is 0 Å². The Morgan fingerprint density at radius 2 is 2.37 bits per heavy atom. The van der Waals surface area contributed by atoms with Crippen molar-refractivity contribution in [3.63, 3.8) is 0 Å². The van der Waals surface area contributed by atoms with Gasteiger partial charge in [0, 0.05) is 11.6 Å². The van der Waals surface area contributed by atoms with Gasteiger partial charge in [0.15, 0.2) is 12.2 Å². The molecule has 7 heteroatoms. The summed E-state index contributed by atoms with van der Waals surface area (Å²) in [6, 6.07) is 5.20. The Balaban J connectivity index is 2.16. The Morgan fingerprint density at radius 1 is 1.53 bits per heavy atom. The van der Waals surface area contributed by atoms with Crippen LogP contribution in [-0.2, 0) is 4.79 Å². The van der Waals surface area contributed by atoms with Gasteiger partial charge in [0.1, 0.15) is 11.0 Å². The van der Waals surface area contributed by atoms with Crippen LogP contribution in [0.15, 0.2) is 28.8 Å². The molecule has 0 aliphatic rings. The summed E-state index contributed by atoms with van der Waals surface area (Å²) >= 11 is 6.12. The molecule has 0 saturated heterocycles. The number of carboxylic acids is 1. The number of aliphatic carboxylic acids is 1. The molecule has 3 aromatic rings. The van der Waals surface area contributed by atoms with Crippen molar-refractivity contribution in [1.82, 2.24) is 9.97 Å². The molecule has 1 aromatic carbocycles. The number of carboxylic acid groups (broad SMARTS) is 1. The molecule has 0 amide bonds. The number of pyridine rings is 1. The van der Waals surface area contributed by atoms with E-state index in [0.29, 0.717) is 21.6 Å². The minimum absolute atomic E-state index is 0.119. The van der Waals surface area contributed by atoms with Crippen LogP contribution in [0.4, 0.5) is 0 Å². The number of ether oxygens (including phenoxy) is 1. The number of hydrogen-bond donors (Lipinski definition) is 1. The standard InChI is InChI=1S/C12H7ClN2O4/c13-7-4-8-11(10-6(7)2-1-3-14-10)19-12(15-8)18-5-9(16)17/h1-4H,5H2,(H,16,17). The highest BCUT2D eigenvalue weighted by Crippen LogP contribution is 2.32. The maximum Gasteiger partial charge on any atom is 0.395 e. The Morgan fingerprint density at radius 3 is 3.16 bits per heavy atom. The zero-order chi connectivity index (χ0) is 13.4. The summed E-state index contributed by atoms with van der Waals surface area (Å²) in [6.45, 7) is -0.522. The zero-order valence-electron chi connectivity index (χ0n) is 9.46. The van der Waals surface area contributed by atoms with Crippen molar-refractivity contribution in [1.29, 1.82) is 0 Å². The first kappa shape index (κ1) is 11.7. The van der Waals surface area contributed by atoms with Gasteiger partial charge in [-0.25, -0.2) is 4.79 Å². The van der Waals surface area contributed by atoms with Gasteiger partial charge in [-0.3, -0.25) is 4.98 Å². The van der Waals surface area contributed by atoms with E-state index in [1.807, 2.05) is 6.07 Å². The highest BCUT2D eigenvalue weighted by atomic mass is 35.5. The van der Waals surface area contributed by atoms with Crippen LogP contribution in [-0.4, -0.2) is 27.7 Å². The summed E-state index contributed by atoms with van der Waals surface area (Å²) in [4.78, 5) is 18.6. The summed E-state index contributed by atoms with van der Waals surface area (Å²) < 4.78 is 10.3. The zero-order valence-corrected chi connectivity index (χ0v) is 10.2. The summed E-state index contributed by atoms with van der Waals surface area (Å²) in [5.74, 6) is -1.11. The third kappa shape index (κ3) is 2.06. The van der Waals surface area contributed by atoms with Crippen molar-refractivity contribution >= 4 is 39.6 Å². The minimum Gasteiger partial charge on any atom is -0.479 e. The topological polar surface area (TPSA) is 85.5 Å². The predicted molar refractivity (Wildman–Crippen MR) is 67.5 cm³/mol. The number of rotatable bonds is 3. The molecule has 96 valence electrons. The van der Waals surface area contributed by atoms with E-state index in [0.717, 1.165) is 5.39 Å². The molecular formula is C12H7ClN2O4. The molecule has 0 unspecified atom stereocenters. The van der Waals surface area contributed by atoms with Crippen molar-refractivity contribution in [3.05, 3.63) is 29.4 Å². The number of nitrogens with zero attached hydrogens (tertiary/aromatic N) is 2. The normalized spacial score (nSPS) is 11.0. The van der Waals surface area contributed by atoms with Crippen molar-refractivity contribution in [2.75, 3.05) is 6.61 Å². The number of carbonyl (C=O) groups is 1. The lowest BCUT2D eigenvalue weighted by atomic mass is 10.2. The second kappa shape index (κ2) is 4.40. The van der Waals surface area contributed by atoms with Gasteiger partial charge in [-0.2, -0.15) is 4.98 Å². The fourth-order valence-corrected chi connectivity index (χ4v) is 2.00. The number of hydrogen-bond acceptors (Lipinski definition) is 5. The molecule has 6 nitrogen and oxygen atoms in total. The van der Waals surface area contributed by atoms with E-state index in [4.69, 9.17) is 25.9 Å². The highest BCUT2D eigenvalue weighted by molar-refractivity contribution is 6.36. The van der Waals surface area contributed by atoms with Crippen molar-refractivity contribution in [2.24, 2.45) is 0 Å². The Hall–Kier alpha value is -2.34. The first-order chi connectivity index (χ1) is 9.15. The molecular weight excluding hydrogens is 272 g/mol. The molecule has 0 fully saturated rings. The molecule has 0 radical (unpaired) electrons. The Bertz CT molecular complexity index is 784. The molecule has 3 rings (SSSR count). The van der Waals surface area contributed by atoms with Crippen LogP contribution in [0.3, 0.4) is 0 Å². The fraction of sp³-hybridized carbons (Fsp3) is 0.0833. The minimum atomic E-state index is -1.11. The van der Waals surface area contributed by atoms with Gasteiger partial charge in [0.25, 0.3) is 0 Å². The third-order valence-electron chi connectivity index (χ3n) is 2.50. The van der Waals surface area contributed by atoms with Crippen LogP contribution in [0, 0.1) is 0 Å². The van der Waals surface area contributed by atoms with Gasteiger partial charge in [0.05, 0.1) is 5.02 Å². The quantitative estimate of drug-likeness (QED) is 0.792. The number of aromatic nitrogens is 2. The van der Waals surface area contributed by atoms with Crippen LogP contribution in [0.2, 0.25) is 5.02 Å². The van der Waals surface area contributed by atoms with E-state index in [2.05, 4.69) is 9.97 Å². The van der Waals surface area contributed by atoms with E-state index < -0.39 is 12.6 Å². The first-order valence-corrected chi connectivity index (χ1v) is 5.71. The number of benzene rings is 1. The average molecular weight is 279 g/mol. The molecule has 0 aliphatic heterocycles. The second-order valence-corrected chi connectivity index (χ2v) is 4.18. The molecule has 0 atom stereocenters. The van der Waals surface area contributed by atoms with E-state index in [9.17, 15) is 4.79 Å². The predicted octanol–water partition coefficient (Wildman–Crippen LogP) is 2.49. The largest absolute Gasteiger partial charge is 0.479 e. The lowest BCUT2D eigenvalue weighted by Gasteiger charge is -1.98. The van der Waals surface area contributed by atoms with Crippen LogP contribution in [0.1, 0.15) is 0 Å². The van der Waals surface area contributed by atoms with Gasteiger partial charge in [0.2, 0.25) is 0 Å². The van der Waals surface area contributed by atoms with Gasteiger partial charge in [-0.05, 0) is 18.2 Å². The molecule has 0 bridgehead atoms. The van der Waals surface area contributed by atoms with Gasteiger partial charge >= 0.3 is 12.0 Å². The number of fused-ring (bicyclic) bond motifs is 3. The van der Waals surface area contributed by atoms with E-state index >= 15 is 0 Å². The molecule has 19 heavy (non-hydrogen) atoms. The maximum atomic E-state index is 10.4. The SMILES string of the molecule is O=C(O)COc1nc2cc(Cl)c3cccnc3c2o1. The summed E-state index contributed by atoms with van der Waals surface area (Å²) in [5.41, 5.74) is 1.44. The smallest absolute Gasteiger partial charge is 0.395 e. The van der Waals surface area contributed by atoms with Crippen molar-refractivity contribution < 1.29 is 19.1 Å². The van der Waals surface area contributed by atoms with Gasteiger partial charge in [-0.1, -0.05) is 11.6 Å². The van der Waals surface area contributed by atoms with E-state index in [1.54, 1.807) is 18.3 Å². The van der Waals surface area contributed by atoms with E-state index in [-0.39, 0.29) is 6.08 Å². The lowest BCUT2D eigenvalue weighted by molar-refractivity contribution is -0.139. The maximum absolute atomic E-state index is 10.4. The van der Waals surface area contributed by atoms with Crippen LogP contribution < -0.4 is 4.74 Å². The van der Waals surface area contributed by atoms with Gasteiger partial charge in [-0.15, -0.1) is 0 Å². The first-order valence-electron chi connectivity index (χ1n) is 5.33. The van der Waals surface area contributed by atoms with Crippen LogP contribution in [0.5, 0.6) is 6.08 Å². The Labute approximate surface area is 111 Å². The molecule has 1 N–H and O–H groups in total. The Kier molecular flexibility index (Phi) is 2.72. The molecule has 2 heterocycles. The molecule has 0 spiro atoms. The van der Waals surface area contributed by atoms with Crippen molar-refractivity contribution in [3.8, 4) is 6.08 Å². The monoisotopic (exact) mass is 278 g/mol. The lowest BCUT2D eigenvalue weighted by Crippen LogP contribution is -2.09. The molecule has 0 saturated carbocycles. The van der Waals surface area contributed by atoms with Crippen LogP contribution in [0.25, 0.3) is 22.0 Å². The molecule has 2 aromatic heterocycles. The fourth-order valence-electron chi connectivity index (χ4n) is 1.74. The summed E-state index contributed by atoms with van der Waals surface area (Å²) in [7, 11) is 0. The van der Waals surface area contributed by atoms with Gasteiger partial charge < -0.3 is 14.3 Å². The van der Waals surface area contributed by atoms with Crippen LogP contribution >= 0.6 is 11.6 Å². The van der Waals surface area contributed by atoms with E-state index in [1.165, 1.54) is 0 Å². The third-order valence-corrected chi connectivity index (χ3v) is 2.81. The summed E-state index contributed by atoms with van der Waals surface area (Å²) in [6.07, 6.45) is 1.49. The number of oxazole rings is 1. The second-order valence-electron chi connectivity index (χ2n) is 3.77. The molecule has 0 aliphatic carbocycles. The average Bonchev–Trinajstić information content (AvgIpc) is 2.80. The summed E-state index contributed by atoms with van der Waals surface area (Å²) in [5, 5.41) is 9.77.